The average molecular weight is 485 g/mol. The molecule has 0 radical (unpaired) electrons. The molecule has 1 atom stereocenters. The van der Waals surface area contributed by atoms with Gasteiger partial charge in [0.2, 0.25) is 0 Å². The zero-order chi connectivity index (χ0) is 24.7. The molecule has 0 aliphatic carbocycles. The number of carbonyl (C=O) groups excluding carboxylic acids is 2. The number of carboxylic acid groups (broad SMARTS) is 1. The number of benzene rings is 2. The van der Waals surface area contributed by atoms with Gasteiger partial charge in [-0.2, -0.15) is 0 Å². The van der Waals surface area contributed by atoms with Crippen molar-refractivity contribution in [3.05, 3.63) is 58.5 Å². The van der Waals surface area contributed by atoms with Crippen molar-refractivity contribution in [2.45, 2.75) is 26.9 Å². The van der Waals surface area contributed by atoms with Gasteiger partial charge in [0.05, 0.1) is 29.4 Å². The normalized spacial score (nSPS) is 16.3. The van der Waals surface area contributed by atoms with E-state index in [1.807, 2.05) is 0 Å². The molecule has 1 unspecified atom stereocenters. The monoisotopic (exact) mass is 484 g/mol. The van der Waals surface area contributed by atoms with Gasteiger partial charge in [0.15, 0.2) is 22.8 Å². The van der Waals surface area contributed by atoms with Crippen molar-refractivity contribution in [1.29, 1.82) is 0 Å². The van der Waals surface area contributed by atoms with E-state index in [4.69, 9.17) is 19.3 Å². The van der Waals surface area contributed by atoms with E-state index in [-0.39, 0.29) is 5.91 Å². The van der Waals surface area contributed by atoms with Crippen LogP contribution in [0.2, 0.25) is 0 Å². The summed E-state index contributed by atoms with van der Waals surface area (Å²) in [5, 5.41) is 12.2. The van der Waals surface area contributed by atoms with E-state index >= 15 is 0 Å². The first-order valence-electron chi connectivity index (χ1n) is 10.5. The number of hydrogen-bond acceptors (Lipinski definition) is 8. The van der Waals surface area contributed by atoms with Crippen molar-refractivity contribution in [3.63, 3.8) is 0 Å². The fraction of sp³-hybridized carbons (Fsp3) is 0.250. The zero-order valence-electron chi connectivity index (χ0n) is 18.9. The number of ether oxygens (including phenoxy) is 3. The standard InChI is InChI=1S/C24H24N2O7S/c1-4-31-19-12-15(6-11-18(19)33-14(3)22(28)29)13-20-21(27)26-24(34-20)25-17-9-7-16(8-10-17)23(30)32-5-2/h6-14H,4-5H2,1-3H3,(H,28,29)(H,25,26,27)/b20-13+. The van der Waals surface area contributed by atoms with E-state index in [1.54, 1.807) is 62.4 Å². The minimum absolute atomic E-state index is 0.296. The van der Waals surface area contributed by atoms with Gasteiger partial charge < -0.3 is 24.6 Å². The fourth-order valence-corrected chi connectivity index (χ4v) is 3.70. The lowest BCUT2D eigenvalue weighted by Gasteiger charge is -2.15. The van der Waals surface area contributed by atoms with E-state index in [2.05, 4.69) is 10.3 Å². The van der Waals surface area contributed by atoms with Crippen LogP contribution in [0.15, 0.2) is 52.4 Å². The number of amides is 1. The molecule has 34 heavy (non-hydrogen) atoms. The van der Waals surface area contributed by atoms with Crippen LogP contribution in [-0.4, -0.2) is 47.4 Å². The first-order chi connectivity index (χ1) is 16.3. The Morgan fingerprint density at radius 1 is 1.12 bits per heavy atom. The lowest BCUT2D eigenvalue weighted by molar-refractivity contribution is -0.144. The number of carboxylic acids is 1. The number of thioether (sulfide) groups is 1. The summed E-state index contributed by atoms with van der Waals surface area (Å²) < 4.78 is 16.0. The smallest absolute Gasteiger partial charge is 0.344 e. The Bertz CT molecular complexity index is 1140. The Hall–Kier alpha value is -3.79. The Balaban J connectivity index is 1.76. The van der Waals surface area contributed by atoms with Crippen LogP contribution >= 0.6 is 11.8 Å². The number of amidine groups is 1. The van der Waals surface area contributed by atoms with E-state index in [9.17, 15) is 14.4 Å². The second kappa shape index (κ2) is 11.4. The average Bonchev–Trinajstić information content (AvgIpc) is 3.14. The molecule has 0 aromatic heterocycles. The predicted molar refractivity (Wildman–Crippen MR) is 129 cm³/mol. The number of nitrogens with zero attached hydrogens (tertiary/aromatic N) is 1. The second-order valence-electron chi connectivity index (χ2n) is 6.99. The maximum atomic E-state index is 12.4. The number of rotatable bonds is 9. The van der Waals surface area contributed by atoms with Crippen LogP contribution in [0.5, 0.6) is 11.5 Å². The van der Waals surface area contributed by atoms with E-state index in [1.165, 1.54) is 18.7 Å². The Morgan fingerprint density at radius 2 is 1.85 bits per heavy atom. The quantitative estimate of drug-likeness (QED) is 0.404. The lowest BCUT2D eigenvalue weighted by atomic mass is 10.2. The van der Waals surface area contributed by atoms with Crippen molar-refractivity contribution in [3.8, 4) is 11.5 Å². The predicted octanol–water partition coefficient (Wildman–Crippen LogP) is 4.01. The second-order valence-corrected chi connectivity index (χ2v) is 8.02. The highest BCUT2D eigenvalue weighted by molar-refractivity contribution is 8.18. The highest BCUT2D eigenvalue weighted by atomic mass is 32.2. The van der Waals surface area contributed by atoms with Crippen molar-refractivity contribution in [2.24, 2.45) is 4.99 Å². The molecule has 1 aliphatic heterocycles. The van der Waals surface area contributed by atoms with Crippen LogP contribution in [0.4, 0.5) is 5.69 Å². The van der Waals surface area contributed by atoms with E-state index in [0.29, 0.717) is 51.6 Å². The molecule has 1 fully saturated rings. The molecule has 178 valence electrons. The summed E-state index contributed by atoms with van der Waals surface area (Å²) in [7, 11) is 0. The molecule has 2 aromatic carbocycles. The summed E-state index contributed by atoms with van der Waals surface area (Å²) in [5.41, 5.74) is 1.67. The Kier molecular flexibility index (Phi) is 8.31. The van der Waals surface area contributed by atoms with Gasteiger partial charge in [-0.25, -0.2) is 14.6 Å². The molecule has 1 amide bonds. The summed E-state index contributed by atoms with van der Waals surface area (Å²) in [6.45, 7) is 5.63. The third kappa shape index (κ3) is 6.38. The number of carbonyl (C=O) groups is 3. The lowest BCUT2D eigenvalue weighted by Crippen LogP contribution is -2.23. The number of nitrogens with one attached hydrogen (secondary N) is 1. The molecule has 0 bridgehead atoms. The van der Waals surface area contributed by atoms with E-state index < -0.39 is 18.0 Å². The van der Waals surface area contributed by atoms with Gasteiger partial charge in [-0.05, 0) is 80.6 Å². The third-order valence-corrected chi connectivity index (χ3v) is 5.39. The summed E-state index contributed by atoms with van der Waals surface area (Å²) in [6, 6.07) is 11.5. The molecule has 9 nitrogen and oxygen atoms in total. The van der Waals surface area contributed by atoms with Crippen molar-refractivity contribution in [2.75, 3.05) is 13.2 Å². The van der Waals surface area contributed by atoms with Crippen LogP contribution in [0.3, 0.4) is 0 Å². The molecule has 2 aromatic rings. The van der Waals surface area contributed by atoms with Crippen molar-refractivity contribution >= 4 is 46.5 Å². The third-order valence-electron chi connectivity index (χ3n) is 4.48. The molecule has 0 saturated carbocycles. The largest absolute Gasteiger partial charge is 0.490 e. The molecule has 2 N–H and O–H groups in total. The molecular weight excluding hydrogens is 460 g/mol. The van der Waals surface area contributed by atoms with Crippen LogP contribution in [0, 0.1) is 0 Å². The Labute approximate surface area is 200 Å². The topological polar surface area (TPSA) is 124 Å². The van der Waals surface area contributed by atoms with Gasteiger partial charge in [-0.15, -0.1) is 0 Å². The summed E-state index contributed by atoms with van der Waals surface area (Å²) >= 11 is 1.17. The van der Waals surface area contributed by atoms with E-state index in [0.717, 1.165) is 0 Å². The fourth-order valence-electron chi connectivity index (χ4n) is 2.86. The minimum atomic E-state index is -1.09. The maximum absolute atomic E-state index is 12.4. The van der Waals surface area contributed by atoms with Gasteiger partial charge in [0.25, 0.3) is 5.91 Å². The van der Waals surface area contributed by atoms with Crippen LogP contribution in [-0.2, 0) is 14.3 Å². The van der Waals surface area contributed by atoms with Gasteiger partial charge in [-0.1, -0.05) is 6.07 Å². The first kappa shape index (κ1) is 24.8. The number of aliphatic carboxylic acids is 1. The summed E-state index contributed by atoms with van der Waals surface area (Å²) in [5.74, 6) is -1.12. The first-order valence-corrected chi connectivity index (χ1v) is 11.4. The van der Waals surface area contributed by atoms with Crippen LogP contribution in [0.1, 0.15) is 36.7 Å². The van der Waals surface area contributed by atoms with Gasteiger partial charge in [-0.3, -0.25) is 4.79 Å². The molecule has 3 rings (SSSR count). The molecule has 10 heteroatoms. The maximum Gasteiger partial charge on any atom is 0.344 e. The zero-order valence-corrected chi connectivity index (χ0v) is 19.7. The summed E-state index contributed by atoms with van der Waals surface area (Å²) in [4.78, 5) is 40.1. The van der Waals surface area contributed by atoms with Crippen LogP contribution in [0.25, 0.3) is 6.08 Å². The van der Waals surface area contributed by atoms with Gasteiger partial charge in [0.1, 0.15) is 0 Å². The highest BCUT2D eigenvalue weighted by Gasteiger charge is 2.24. The van der Waals surface area contributed by atoms with Crippen LogP contribution < -0.4 is 14.8 Å². The highest BCUT2D eigenvalue weighted by Crippen LogP contribution is 2.33. The van der Waals surface area contributed by atoms with Gasteiger partial charge in [0, 0.05) is 0 Å². The van der Waals surface area contributed by atoms with Gasteiger partial charge >= 0.3 is 11.9 Å². The minimum Gasteiger partial charge on any atom is -0.490 e. The van der Waals surface area contributed by atoms with Crippen molar-refractivity contribution < 1.29 is 33.7 Å². The number of esters is 1. The van der Waals surface area contributed by atoms with Crippen molar-refractivity contribution in [1.82, 2.24) is 5.32 Å². The molecule has 0 spiro atoms. The Morgan fingerprint density at radius 3 is 2.50 bits per heavy atom. The SMILES string of the molecule is CCOC(=O)c1ccc(N=C2NC(=O)/C(=C\c3ccc(OC(C)C(=O)O)c(OCC)c3)S2)cc1. The molecule has 1 saturated heterocycles. The molecular formula is C24H24N2O7S. The number of aliphatic imine (C=N–C) groups is 1. The summed E-state index contributed by atoms with van der Waals surface area (Å²) in [6.07, 6.45) is 0.643. The molecule has 1 heterocycles. The molecule has 1 aliphatic rings. The number of hydrogen-bond donors (Lipinski definition) is 2.